The molecule has 148 valence electrons. The fraction of sp³-hybridized carbons (Fsp3) is 0.130. The molecule has 0 aliphatic carbocycles. The fourth-order valence-electron chi connectivity index (χ4n) is 2.94. The van der Waals surface area contributed by atoms with Crippen LogP contribution >= 0.6 is 0 Å². The zero-order chi connectivity index (χ0) is 20.6. The molecule has 29 heavy (non-hydrogen) atoms. The molecular formula is C23H20F2N2O2. The molecular weight excluding hydrogens is 374 g/mol. The van der Waals surface area contributed by atoms with Crippen molar-refractivity contribution in [2.45, 2.75) is 12.5 Å². The van der Waals surface area contributed by atoms with Gasteiger partial charge in [-0.05, 0) is 23.3 Å². The first-order valence-corrected chi connectivity index (χ1v) is 9.17. The Hall–Kier alpha value is -3.54. The Balaban J connectivity index is 1.60. The van der Waals surface area contributed by atoms with Crippen LogP contribution in [-0.4, -0.2) is 18.4 Å². The van der Waals surface area contributed by atoms with Crippen molar-refractivity contribution in [2.75, 3.05) is 6.54 Å². The number of hydrogen-bond donors (Lipinski definition) is 2. The molecule has 4 nitrogen and oxygen atoms in total. The Labute approximate surface area is 167 Å². The van der Waals surface area contributed by atoms with Crippen LogP contribution < -0.4 is 10.6 Å². The van der Waals surface area contributed by atoms with Crippen molar-refractivity contribution in [1.82, 2.24) is 10.6 Å². The van der Waals surface area contributed by atoms with Gasteiger partial charge in [0, 0.05) is 19.0 Å². The lowest BCUT2D eigenvalue weighted by atomic mass is 9.98. The van der Waals surface area contributed by atoms with E-state index in [4.69, 9.17) is 0 Å². The molecule has 0 bridgehead atoms. The lowest BCUT2D eigenvalue weighted by Crippen LogP contribution is -2.33. The van der Waals surface area contributed by atoms with E-state index in [2.05, 4.69) is 10.6 Å². The number of carbonyl (C=O) groups excluding carboxylic acids is 2. The summed E-state index contributed by atoms with van der Waals surface area (Å²) in [5.41, 5.74) is 1.60. The van der Waals surface area contributed by atoms with Crippen molar-refractivity contribution >= 4 is 11.8 Å². The van der Waals surface area contributed by atoms with Crippen LogP contribution in [0.2, 0.25) is 0 Å². The minimum absolute atomic E-state index is 0.0186. The second-order valence-corrected chi connectivity index (χ2v) is 6.45. The Morgan fingerprint density at radius 3 is 1.97 bits per heavy atom. The van der Waals surface area contributed by atoms with E-state index in [9.17, 15) is 18.4 Å². The van der Waals surface area contributed by atoms with E-state index in [0.29, 0.717) is 6.07 Å². The van der Waals surface area contributed by atoms with Gasteiger partial charge in [0.15, 0.2) is 0 Å². The largest absolute Gasteiger partial charge is 0.351 e. The van der Waals surface area contributed by atoms with Crippen LogP contribution in [0.25, 0.3) is 0 Å². The molecule has 0 fully saturated rings. The van der Waals surface area contributed by atoms with E-state index in [1.54, 1.807) is 0 Å². The normalized spacial score (nSPS) is 10.6. The Kier molecular flexibility index (Phi) is 6.68. The maximum Gasteiger partial charge on any atom is 0.254 e. The molecule has 0 aliphatic rings. The number of rotatable bonds is 7. The highest BCUT2D eigenvalue weighted by molar-refractivity contribution is 5.94. The molecule has 0 unspecified atom stereocenters. The monoisotopic (exact) mass is 394 g/mol. The predicted octanol–water partition coefficient (Wildman–Crippen LogP) is 3.99. The first-order chi connectivity index (χ1) is 14.0. The summed E-state index contributed by atoms with van der Waals surface area (Å²) in [6.45, 7) is 0.0256. The Morgan fingerprint density at radius 1 is 0.828 bits per heavy atom. The summed E-state index contributed by atoms with van der Waals surface area (Å²) in [6, 6.07) is 21.5. The van der Waals surface area contributed by atoms with E-state index in [1.807, 2.05) is 60.7 Å². The maximum atomic E-state index is 13.7. The van der Waals surface area contributed by atoms with Crippen LogP contribution in [0.15, 0.2) is 78.9 Å². The molecule has 0 aromatic heterocycles. The van der Waals surface area contributed by atoms with Gasteiger partial charge in [-0.2, -0.15) is 0 Å². The molecule has 3 aromatic rings. The van der Waals surface area contributed by atoms with Gasteiger partial charge in [-0.3, -0.25) is 9.59 Å². The maximum absolute atomic E-state index is 13.7. The molecule has 0 saturated heterocycles. The van der Waals surface area contributed by atoms with Crippen LogP contribution in [-0.2, 0) is 4.79 Å². The summed E-state index contributed by atoms with van der Waals surface area (Å²) in [6.07, 6.45) is 0.0186. The summed E-state index contributed by atoms with van der Waals surface area (Å²) in [4.78, 5) is 24.5. The molecule has 3 aromatic carbocycles. The number of benzene rings is 3. The highest BCUT2D eigenvalue weighted by atomic mass is 19.1. The third-order valence-electron chi connectivity index (χ3n) is 4.38. The second-order valence-electron chi connectivity index (χ2n) is 6.45. The van der Waals surface area contributed by atoms with Gasteiger partial charge in [-0.1, -0.05) is 60.7 Å². The van der Waals surface area contributed by atoms with Crippen molar-refractivity contribution in [1.29, 1.82) is 0 Å². The molecule has 2 amide bonds. The molecule has 0 atom stereocenters. The van der Waals surface area contributed by atoms with Crippen LogP contribution in [0.5, 0.6) is 0 Å². The standard InChI is InChI=1S/C23H20F2N2O2/c24-18-11-12-19(20(25)15-18)23(29)26-14-13-21(28)27-22(16-7-3-1-4-8-16)17-9-5-2-6-10-17/h1-12,15,22H,13-14H2,(H,26,29)(H,27,28). The average Bonchev–Trinajstić information content (AvgIpc) is 2.73. The van der Waals surface area contributed by atoms with Gasteiger partial charge >= 0.3 is 0 Å². The number of halogens is 2. The zero-order valence-electron chi connectivity index (χ0n) is 15.6. The molecule has 2 N–H and O–H groups in total. The van der Waals surface area contributed by atoms with Crippen molar-refractivity contribution < 1.29 is 18.4 Å². The van der Waals surface area contributed by atoms with Gasteiger partial charge in [0.2, 0.25) is 5.91 Å². The third kappa shape index (κ3) is 5.48. The summed E-state index contributed by atoms with van der Waals surface area (Å²) in [5.74, 6) is -2.66. The summed E-state index contributed by atoms with van der Waals surface area (Å²) in [7, 11) is 0. The summed E-state index contributed by atoms with van der Waals surface area (Å²) < 4.78 is 26.6. The van der Waals surface area contributed by atoms with Crippen LogP contribution in [0.3, 0.4) is 0 Å². The van der Waals surface area contributed by atoms with Crippen LogP contribution in [0.4, 0.5) is 8.78 Å². The smallest absolute Gasteiger partial charge is 0.254 e. The lowest BCUT2D eigenvalue weighted by Gasteiger charge is -2.20. The number of nitrogens with one attached hydrogen (secondary N) is 2. The summed E-state index contributed by atoms with van der Waals surface area (Å²) >= 11 is 0. The predicted molar refractivity (Wildman–Crippen MR) is 106 cm³/mol. The third-order valence-corrected chi connectivity index (χ3v) is 4.38. The molecule has 3 rings (SSSR count). The van der Waals surface area contributed by atoms with Gasteiger partial charge in [0.25, 0.3) is 5.91 Å². The Morgan fingerprint density at radius 2 is 1.41 bits per heavy atom. The molecule has 0 heterocycles. The van der Waals surface area contributed by atoms with Gasteiger partial charge in [-0.25, -0.2) is 8.78 Å². The SMILES string of the molecule is O=C(CCNC(=O)c1ccc(F)cc1F)NC(c1ccccc1)c1ccccc1. The molecule has 0 radical (unpaired) electrons. The van der Waals surface area contributed by atoms with Gasteiger partial charge in [0.1, 0.15) is 11.6 Å². The summed E-state index contributed by atoms with van der Waals surface area (Å²) in [5, 5.41) is 5.45. The van der Waals surface area contributed by atoms with Crippen molar-refractivity contribution in [3.63, 3.8) is 0 Å². The zero-order valence-corrected chi connectivity index (χ0v) is 15.6. The number of hydrogen-bond acceptors (Lipinski definition) is 2. The highest BCUT2D eigenvalue weighted by Gasteiger charge is 2.17. The van der Waals surface area contributed by atoms with E-state index >= 15 is 0 Å². The molecule has 0 spiro atoms. The van der Waals surface area contributed by atoms with E-state index in [-0.39, 0.29) is 30.5 Å². The van der Waals surface area contributed by atoms with Crippen molar-refractivity contribution in [2.24, 2.45) is 0 Å². The van der Waals surface area contributed by atoms with Gasteiger partial charge < -0.3 is 10.6 Å². The number of carbonyl (C=O) groups is 2. The lowest BCUT2D eigenvalue weighted by molar-refractivity contribution is -0.121. The minimum atomic E-state index is -0.944. The number of amides is 2. The van der Waals surface area contributed by atoms with Crippen LogP contribution in [0, 0.1) is 11.6 Å². The van der Waals surface area contributed by atoms with Crippen molar-refractivity contribution in [3.8, 4) is 0 Å². The van der Waals surface area contributed by atoms with Crippen LogP contribution in [0.1, 0.15) is 33.9 Å². The molecule has 0 aliphatic heterocycles. The highest BCUT2D eigenvalue weighted by Crippen LogP contribution is 2.21. The van der Waals surface area contributed by atoms with E-state index in [1.165, 1.54) is 0 Å². The van der Waals surface area contributed by atoms with Gasteiger partial charge in [0.05, 0.1) is 11.6 Å². The topological polar surface area (TPSA) is 58.2 Å². The van der Waals surface area contributed by atoms with E-state index in [0.717, 1.165) is 23.3 Å². The van der Waals surface area contributed by atoms with Gasteiger partial charge in [-0.15, -0.1) is 0 Å². The molecule has 6 heteroatoms. The molecule has 0 saturated carbocycles. The first kappa shape index (κ1) is 20.2. The second kappa shape index (κ2) is 9.59. The van der Waals surface area contributed by atoms with E-state index < -0.39 is 17.5 Å². The first-order valence-electron chi connectivity index (χ1n) is 9.17. The minimum Gasteiger partial charge on any atom is -0.351 e. The average molecular weight is 394 g/mol. The quantitative estimate of drug-likeness (QED) is 0.637. The fourth-order valence-corrected chi connectivity index (χ4v) is 2.94. The van der Waals surface area contributed by atoms with Crippen molar-refractivity contribution in [3.05, 3.63) is 107 Å². The Bertz CT molecular complexity index is 939.